The molecule has 0 aromatic heterocycles. The molecule has 3 heterocycles. The zero-order chi connectivity index (χ0) is 17.8. The highest BCUT2D eigenvalue weighted by atomic mass is 16.5. The summed E-state index contributed by atoms with van der Waals surface area (Å²) in [5.41, 5.74) is 0.0615. The zero-order valence-electron chi connectivity index (χ0n) is 13.5. The summed E-state index contributed by atoms with van der Waals surface area (Å²) in [6, 6.07) is 6.45. The Morgan fingerprint density at radius 1 is 1.36 bits per heavy atom. The number of rotatable bonds is 4. The van der Waals surface area contributed by atoms with E-state index in [4.69, 9.17) is 9.47 Å². The molecule has 2 fully saturated rings. The normalized spacial score (nSPS) is 32.1. The molecule has 0 N–H and O–H groups in total. The summed E-state index contributed by atoms with van der Waals surface area (Å²) in [5, 5.41) is 11.5. The molecule has 3 aliphatic heterocycles. The predicted molar refractivity (Wildman–Crippen MR) is 83.5 cm³/mol. The molecule has 3 aliphatic rings. The molecule has 25 heavy (non-hydrogen) atoms. The number of aliphatic carboxylic acids is 1. The van der Waals surface area contributed by atoms with E-state index in [0.717, 1.165) is 0 Å². The number of amides is 1. The van der Waals surface area contributed by atoms with E-state index in [2.05, 4.69) is 0 Å². The molecule has 7 nitrogen and oxygen atoms in total. The maximum absolute atomic E-state index is 12.8. The Kier molecular flexibility index (Phi) is 3.43. The number of esters is 1. The maximum Gasteiger partial charge on any atom is 0.338 e. The molecule has 2 saturated heterocycles. The molecule has 1 spiro atoms. The number of hydrogen-bond acceptors (Lipinski definition) is 6. The summed E-state index contributed by atoms with van der Waals surface area (Å²) in [7, 11) is 0. The molecule has 2 bridgehead atoms. The molecule has 0 saturated carbocycles. The average Bonchev–Trinajstić information content (AvgIpc) is 3.23. The van der Waals surface area contributed by atoms with Crippen molar-refractivity contribution in [1.29, 1.82) is 0 Å². The van der Waals surface area contributed by atoms with Crippen molar-refractivity contribution in [3.63, 3.8) is 0 Å². The first-order valence-corrected chi connectivity index (χ1v) is 8.13. The van der Waals surface area contributed by atoms with E-state index < -0.39 is 35.5 Å². The van der Waals surface area contributed by atoms with Crippen molar-refractivity contribution in [2.24, 2.45) is 11.8 Å². The lowest BCUT2D eigenvalue weighted by molar-refractivity contribution is -0.313. The molecular weight excluding hydrogens is 326 g/mol. The van der Waals surface area contributed by atoms with Crippen molar-refractivity contribution < 1.29 is 29.0 Å². The number of nitrogens with zero attached hydrogens (tertiary/aromatic N) is 1. The molecule has 4 rings (SSSR count). The fraction of sp³-hybridized carbons (Fsp3) is 0.389. The summed E-state index contributed by atoms with van der Waals surface area (Å²) in [4.78, 5) is 37.5. The largest absolute Gasteiger partial charge is 0.550 e. The highest BCUT2D eigenvalue weighted by molar-refractivity contribution is 6.02. The van der Waals surface area contributed by atoms with E-state index in [9.17, 15) is 19.5 Å². The Morgan fingerprint density at radius 2 is 2.08 bits per heavy atom. The third-order valence-electron chi connectivity index (χ3n) is 5.06. The number of fused-ring (bicyclic) bond motifs is 1. The van der Waals surface area contributed by atoms with Crippen LogP contribution in [-0.4, -0.2) is 42.7 Å². The lowest BCUT2D eigenvalue weighted by Crippen LogP contribution is -2.45. The number of carbonyl (C=O) groups excluding carboxylic acids is 3. The molecule has 1 amide bonds. The van der Waals surface area contributed by atoms with Crippen molar-refractivity contribution in [3.8, 4) is 0 Å². The van der Waals surface area contributed by atoms with Gasteiger partial charge in [0.1, 0.15) is 5.60 Å². The second-order valence-electron chi connectivity index (χ2n) is 6.41. The van der Waals surface area contributed by atoms with E-state index in [1.165, 1.54) is 4.90 Å². The van der Waals surface area contributed by atoms with Gasteiger partial charge in [0, 0.05) is 17.6 Å². The van der Waals surface area contributed by atoms with Crippen molar-refractivity contribution in [2.75, 3.05) is 18.1 Å². The molecule has 1 aromatic rings. The Hall–Kier alpha value is -2.67. The fourth-order valence-electron chi connectivity index (χ4n) is 3.98. The Morgan fingerprint density at radius 3 is 2.72 bits per heavy atom. The Bertz CT molecular complexity index is 785. The van der Waals surface area contributed by atoms with Gasteiger partial charge in [0.25, 0.3) is 0 Å². The second kappa shape index (κ2) is 5.42. The van der Waals surface area contributed by atoms with Gasteiger partial charge >= 0.3 is 5.97 Å². The highest BCUT2D eigenvalue weighted by Gasteiger charge is 2.65. The number of anilines is 1. The molecule has 0 aliphatic carbocycles. The van der Waals surface area contributed by atoms with Crippen LogP contribution in [-0.2, 0) is 19.1 Å². The van der Waals surface area contributed by atoms with Crippen LogP contribution in [0.15, 0.2) is 36.4 Å². The molecule has 7 heteroatoms. The highest BCUT2D eigenvalue weighted by Crippen LogP contribution is 2.52. The maximum atomic E-state index is 12.8. The fourth-order valence-corrected chi connectivity index (χ4v) is 3.98. The predicted octanol–water partition coefficient (Wildman–Crippen LogP) is -0.100. The monoisotopic (exact) mass is 342 g/mol. The van der Waals surface area contributed by atoms with Crippen molar-refractivity contribution in [1.82, 2.24) is 0 Å². The van der Waals surface area contributed by atoms with Gasteiger partial charge in [-0.05, 0) is 31.2 Å². The Balaban J connectivity index is 1.61. The topological polar surface area (TPSA) is 96.0 Å². The minimum Gasteiger partial charge on any atom is -0.550 e. The number of ether oxygens (including phenoxy) is 2. The van der Waals surface area contributed by atoms with Crippen molar-refractivity contribution in [2.45, 2.75) is 18.6 Å². The third-order valence-corrected chi connectivity index (χ3v) is 5.06. The molecule has 4 atom stereocenters. The minimum atomic E-state index is -1.27. The lowest BCUT2D eigenvalue weighted by atomic mass is 9.77. The summed E-state index contributed by atoms with van der Waals surface area (Å²) >= 11 is 0. The zero-order valence-corrected chi connectivity index (χ0v) is 13.5. The molecule has 1 aromatic carbocycles. The Labute approximate surface area is 143 Å². The minimum absolute atomic E-state index is 0.242. The number of hydrogen-bond donors (Lipinski definition) is 0. The van der Waals surface area contributed by atoms with E-state index in [1.54, 1.807) is 43.3 Å². The summed E-state index contributed by atoms with van der Waals surface area (Å²) < 4.78 is 10.7. The van der Waals surface area contributed by atoms with Crippen LogP contribution in [0.4, 0.5) is 5.69 Å². The van der Waals surface area contributed by atoms with Gasteiger partial charge < -0.3 is 24.3 Å². The number of carboxylic acids is 1. The first-order valence-electron chi connectivity index (χ1n) is 8.13. The van der Waals surface area contributed by atoms with Gasteiger partial charge in [0.2, 0.25) is 5.91 Å². The molecular formula is C18H16NO6-. The van der Waals surface area contributed by atoms with Crippen LogP contribution in [0.25, 0.3) is 0 Å². The van der Waals surface area contributed by atoms with Gasteiger partial charge in [-0.3, -0.25) is 4.79 Å². The first-order chi connectivity index (χ1) is 12.0. The van der Waals surface area contributed by atoms with E-state index in [-0.39, 0.29) is 19.1 Å². The van der Waals surface area contributed by atoms with Crippen LogP contribution in [0, 0.1) is 11.8 Å². The van der Waals surface area contributed by atoms with Gasteiger partial charge in [0.05, 0.1) is 30.7 Å². The van der Waals surface area contributed by atoms with Crippen LogP contribution in [0.3, 0.4) is 0 Å². The molecule has 0 unspecified atom stereocenters. The van der Waals surface area contributed by atoms with Crippen LogP contribution < -0.4 is 10.0 Å². The van der Waals surface area contributed by atoms with Gasteiger partial charge in [-0.25, -0.2) is 4.79 Å². The first kappa shape index (κ1) is 15.8. The average molecular weight is 342 g/mol. The van der Waals surface area contributed by atoms with Crippen LogP contribution in [0.2, 0.25) is 0 Å². The standard InChI is InChI=1S/C18H17NO6/c1-2-24-17(23)10-3-5-11(6-4-10)19-9-18-8-7-12(25-18)13(16(21)22)14(18)15(19)20/h3-8,12-14H,2,9H2,1H3,(H,21,22)/p-1/t12-,13+,14-,18-/m0/s1. The van der Waals surface area contributed by atoms with E-state index in [0.29, 0.717) is 11.3 Å². The molecule has 0 radical (unpaired) electrons. The quantitative estimate of drug-likeness (QED) is 0.560. The number of carbonyl (C=O) groups is 3. The number of benzene rings is 1. The van der Waals surface area contributed by atoms with Gasteiger partial charge in [-0.15, -0.1) is 0 Å². The second-order valence-corrected chi connectivity index (χ2v) is 6.41. The van der Waals surface area contributed by atoms with E-state index in [1.807, 2.05) is 0 Å². The summed E-state index contributed by atoms with van der Waals surface area (Å²) in [6.45, 7) is 2.25. The van der Waals surface area contributed by atoms with Gasteiger partial charge in [-0.1, -0.05) is 12.2 Å². The lowest BCUT2D eigenvalue weighted by Gasteiger charge is -2.24. The van der Waals surface area contributed by atoms with Crippen LogP contribution in [0.1, 0.15) is 17.3 Å². The van der Waals surface area contributed by atoms with Crippen LogP contribution in [0.5, 0.6) is 0 Å². The summed E-state index contributed by atoms with van der Waals surface area (Å²) in [5.74, 6) is -3.75. The molecule has 130 valence electrons. The van der Waals surface area contributed by atoms with Crippen LogP contribution >= 0.6 is 0 Å². The third kappa shape index (κ3) is 2.19. The summed E-state index contributed by atoms with van der Waals surface area (Å²) in [6.07, 6.45) is 2.87. The SMILES string of the molecule is CCOC(=O)c1ccc(N2C[C@]34C=C[C@H](O3)[C@@H](C(=O)[O-])[C@H]4C2=O)cc1. The van der Waals surface area contributed by atoms with E-state index >= 15 is 0 Å². The smallest absolute Gasteiger partial charge is 0.338 e. The van der Waals surface area contributed by atoms with Crippen molar-refractivity contribution >= 4 is 23.5 Å². The van der Waals surface area contributed by atoms with Crippen molar-refractivity contribution in [3.05, 3.63) is 42.0 Å². The van der Waals surface area contributed by atoms with Gasteiger partial charge in [-0.2, -0.15) is 0 Å². The number of carboxylic acid groups (broad SMARTS) is 1. The van der Waals surface area contributed by atoms with Gasteiger partial charge in [0.15, 0.2) is 0 Å².